The zero-order valence-electron chi connectivity index (χ0n) is 25.8. The van der Waals surface area contributed by atoms with Crippen LogP contribution in [0.3, 0.4) is 0 Å². The Morgan fingerprint density at radius 2 is 1.02 bits per heavy atom. The molecule has 0 fully saturated rings. The van der Waals surface area contributed by atoms with Crippen LogP contribution in [0.5, 0.6) is 0 Å². The third-order valence-corrected chi connectivity index (χ3v) is 5.98. The average molecular weight is 591 g/mol. The van der Waals surface area contributed by atoms with Crippen molar-refractivity contribution in [3.8, 4) is 0 Å². The summed E-state index contributed by atoms with van der Waals surface area (Å²) in [6.07, 6.45) is 1.74. The molecule has 2 aromatic rings. The van der Waals surface area contributed by atoms with Gasteiger partial charge in [-0.05, 0) is 44.2 Å². The second kappa shape index (κ2) is 25.4. The molecule has 0 radical (unpaired) electrons. The van der Waals surface area contributed by atoms with Gasteiger partial charge >= 0.3 is 17.9 Å². The van der Waals surface area contributed by atoms with Crippen LogP contribution in [0.25, 0.3) is 0 Å². The lowest BCUT2D eigenvalue weighted by atomic mass is 10.1. The predicted octanol–water partition coefficient (Wildman–Crippen LogP) is 5.67. The van der Waals surface area contributed by atoms with Crippen molar-refractivity contribution >= 4 is 17.9 Å². The van der Waals surface area contributed by atoms with Crippen LogP contribution in [-0.4, -0.2) is 61.2 Å². The van der Waals surface area contributed by atoms with Crippen LogP contribution in [0.15, 0.2) is 60.7 Å². The van der Waals surface area contributed by atoms with Crippen LogP contribution >= 0.6 is 0 Å². The fraction of sp³-hybridized carbons (Fsp3) is 0.545. The molecule has 2 rings (SSSR count). The first-order valence-electron chi connectivity index (χ1n) is 14.6. The molecule has 3 atom stereocenters. The first kappa shape index (κ1) is 38.7. The summed E-state index contributed by atoms with van der Waals surface area (Å²) in [6.45, 7) is 12.0. The smallest absolute Gasteiger partial charge is 0.308 e. The third kappa shape index (κ3) is 20.6. The zero-order valence-corrected chi connectivity index (χ0v) is 25.8. The second-order valence-corrected chi connectivity index (χ2v) is 9.71. The molecule has 0 aliphatic carbocycles. The van der Waals surface area contributed by atoms with E-state index in [-0.39, 0.29) is 36.3 Å². The molecule has 9 nitrogen and oxygen atoms in total. The Morgan fingerprint density at radius 1 is 0.643 bits per heavy atom. The fourth-order valence-corrected chi connectivity index (χ4v) is 3.17. The van der Waals surface area contributed by atoms with Crippen molar-refractivity contribution in [2.75, 3.05) is 33.0 Å². The van der Waals surface area contributed by atoms with Gasteiger partial charge in [-0.1, -0.05) is 81.4 Å². The standard InChI is InChI=1S/C14H20O3.C12H16O3.C7H14O3/c1-3-17-14(15)12(2)9-10-16-11-13-7-5-4-6-8-13;1-10(12(13)14)7-8-15-9-11-5-3-2-4-6-11;1-3-10-7(9)6(2)4-5-8/h4-8,12H,3,9-11H2,1-2H3;2-6,10H,7-9H2,1H3,(H,13,14);6,8H,3-5H2,1-2H3/t12-;10-;6-/m000/s1. The van der Waals surface area contributed by atoms with Gasteiger partial charge in [-0.25, -0.2) is 0 Å². The lowest BCUT2D eigenvalue weighted by Crippen LogP contribution is -2.16. The molecule has 0 saturated heterocycles. The third-order valence-electron chi connectivity index (χ3n) is 5.98. The monoisotopic (exact) mass is 590 g/mol. The van der Waals surface area contributed by atoms with E-state index in [0.717, 1.165) is 11.1 Å². The highest BCUT2D eigenvalue weighted by atomic mass is 16.5. The number of benzene rings is 2. The summed E-state index contributed by atoms with van der Waals surface area (Å²) in [5.41, 5.74) is 2.26. The Labute approximate surface area is 251 Å². The van der Waals surface area contributed by atoms with Crippen LogP contribution in [0.2, 0.25) is 0 Å². The van der Waals surface area contributed by atoms with Crippen molar-refractivity contribution in [1.82, 2.24) is 0 Å². The van der Waals surface area contributed by atoms with Gasteiger partial charge in [0.15, 0.2) is 0 Å². The van der Waals surface area contributed by atoms with Gasteiger partial charge in [-0.3, -0.25) is 14.4 Å². The number of carboxylic acid groups (broad SMARTS) is 1. The maximum Gasteiger partial charge on any atom is 0.308 e. The van der Waals surface area contributed by atoms with Crippen LogP contribution in [0.4, 0.5) is 0 Å². The Bertz CT molecular complexity index is 951. The van der Waals surface area contributed by atoms with Crippen molar-refractivity contribution in [3.05, 3.63) is 71.8 Å². The number of ether oxygens (including phenoxy) is 4. The number of aliphatic hydroxyl groups excluding tert-OH is 1. The fourth-order valence-electron chi connectivity index (χ4n) is 3.17. The summed E-state index contributed by atoms with van der Waals surface area (Å²) in [5.74, 6) is -1.73. The van der Waals surface area contributed by atoms with Crippen LogP contribution in [0.1, 0.15) is 65.0 Å². The number of aliphatic carboxylic acids is 1. The molecule has 0 aliphatic rings. The van der Waals surface area contributed by atoms with E-state index in [4.69, 9.17) is 29.2 Å². The summed E-state index contributed by atoms with van der Waals surface area (Å²) >= 11 is 0. The molecule has 0 unspecified atom stereocenters. The van der Waals surface area contributed by atoms with E-state index < -0.39 is 5.97 Å². The summed E-state index contributed by atoms with van der Waals surface area (Å²) in [5, 5.41) is 17.1. The van der Waals surface area contributed by atoms with Crippen molar-refractivity contribution < 1.29 is 43.5 Å². The number of aliphatic hydroxyl groups is 1. The summed E-state index contributed by atoms with van der Waals surface area (Å²) in [4.78, 5) is 32.6. The van der Waals surface area contributed by atoms with E-state index in [1.807, 2.05) is 74.5 Å². The molecule has 0 bridgehead atoms. The summed E-state index contributed by atoms with van der Waals surface area (Å²) in [6, 6.07) is 19.8. The molecule has 42 heavy (non-hydrogen) atoms. The number of rotatable bonds is 17. The van der Waals surface area contributed by atoms with E-state index in [1.165, 1.54) is 0 Å². The van der Waals surface area contributed by atoms with Crippen LogP contribution < -0.4 is 0 Å². The van der Waals surface area contributed by atoms with Gasteiger partial charge < -0.3 is 29.2 Å². The Balaban J connectivity index is 0.000000622. The van der Waals surface area contributed by atoms with E-state index in [9.17, 15) is 14.4 Å². The molecule has 0 spiro atoms. The van der Waals surface area contributed by atoms with Gasteiger partial charge in [-0.15, -0.1) is 0 Å². The minimum atomic E-state index is -0.765. The van der Waals surface area contributed by atoms with Gasteiger partial charge in [0.1, 0.15) is 0 Å². The lowest BCUT2D eigenvalue weighted by molar-refractivity contribution is -0.148. The topological polar surface area (TPSA) is 129 Å². The number of carboxylic acids is 1. The van der Waals surface area contributed by atoms with Crippen LogP contribution in [-0.2, 0) is 46.5 Å². The van der Waals surface area contributed by atoms with E-state index >= 15 is 0 Å². The molecule has 236 valence electrons. The molecular weight excluding hydrogens is 540 g/mol. The van der Waals surface area contributed by atoms with Crippen molar-refractivity contribution in [2.45, 2.75) is 67.1 Å². The zero-order chi connectivity index (χ0) is 31.6. The minimum Gasteiger partial charge on any atom is -0.481 e. The molecule has 2 N–H and O–H groups in total. The quantitative estimate of drug-likeness (QED) is 0.177. The normalized spacial score (nSPS) is 12.3. The Kier molecular flexibility index (Phi) is 23.5. The maximum atomic E-state index is 11.3. The summed E-state index contributed by atoms with van der Waals surface area (Å²) in [7, 11) is 0. The number of esters is 2. The van der Waals surface area contributed by atoms with Gasteiger partial charge in [0.05, 0.1) is 44.2 Å². The van der Waals surface area contributed by atoms with Gasteiger partial charge in [0.2, 0.25) is 0 Å². The lowest BCUT2D eigenvalue weighted by Gasteiger charge is -2.10. The molecular formula is C33H50O9. The molecule has 9 heteroatoms. The highest BCUT2D eigenvalue weighted by Gasteiger charge is 2.13. The Hall–Kier alpha value is -3.27. The van der Waals surface area contributed by atoms with E-state index in [0.29, 0.717) is 58.9 Å². The van der Waals surface area contributed by atoms with Gasteiger partial charge in [0.25, 0.3) is 0 Å². The van der Waals surface area contributed by atoms with Gasteiger partial charge in [-0.2, -0.15) is 0 Å². The number of carbonyl (C=O) groups excluding carboxylic acids is 2. The first-order chi connectivity index (χ1) is 20.2. The average Bonchev–Trinajstić information content (AvgIpc) is 2.99. The van der Waals surface area contributed by atoms with E-state index in [1.54, 1.807) is 20.8 Å². The predicted molar refractivity (Wildman–Crippen MR) is 162 cm³/mol. The molecule has 0 aliphatic heterocycles. The largest absolute Gasteiger partial charge is 0.481 e. The number of hydrogen-bond donors (Lipinski definition) is 2. The SMILES string of the molecule is CCOC(=O)[C@@H](C)CCO.CCOC(=O)[C@@H](C)CCOCc1ccccc1.C[C@@H](CCOCc1ccccc1)C(=O)O. The Morgan fingerprint density at radius 3 is 1.38 bits per heavy atom. The van der Waals surface area contributed by atoms with Crippen molar-refractivity contribution in [1.29, 1.82) is 0 Å². The number of carbonyl (C=O) groups is 3. The highest BCUT2D eigenvalue weighted by Crippen LogP contribution is 2.07. The maximum absolute atomic E-state index is 11.3. The van der Waals surface area contributed by atoms with Crippen molar-refractivity contribution in [2.24, 2.45) is 17.8 Å². The molecule has 0 heterocycles. The molecule has 2 aromatic carbocycles. The summed E-state index contributed by atoms with van der Waals surface area (Å²) < 4.78 is 20.5. The molecule has 0 saturated carbocycles. The van der Waals surface area contributed by atoms with Crippen molar-refractivity contribution in [3.63, 3.8) is 0 Å². The molecule has 0 amide bonds. The minimum absolute atomic E-state index is 0.0416. The van der Waals surface area contributed by atoms with Gasteiger partial charge in [0, 0.05) is 19.8 Å². The second-order valence-electron chi connectivity index (χ2n) is 9.71. The number of hydrogen-bond acceptors (Lipinski definition) is 8. The highest BCUT2D eigenvalue weighted by molar-refractivity contribution is 5.72. The molecule has 0 aromatic heterocycles. The first-order valence-corrected chi connectivity index (χ1v) is 14.6. The van der Waals surface area contributed by atoms with Crippen LogP contribution in [0, 0.1) is 17.8 Å². The van der Waals surface area contributed by atoms with E-state index in [2.05, 4.69) is 0 Å².